The highest BCUT2D eigenvalue weighted by Crippen LogP contribution is 2.33. The van der Waals surface area contributed by atoms with Crippen LogP contribution in [0.15, 0.2) is 30.5 Å². The number of rotatable bonds is 3. The minimum Gasteiger partial charge on any atom is -0.348 e. The molecule has 0 aromatic heterocycles. The zero-order chi connectivity index (χ0) is 14.1. The van der Waals surface area contributed by atoms with Crippen molar-refractivity contribution in [2.75, 3.05) is 11.9 Å². The summed E-state index contributed by atoms with van der Waals surface area (Å²) in [7, 11) is 2.11. The van der Waals surface area contributed by atoms with Gasteiger partial charge in [0.1, 0.15) is 0 Å². The number of hydrogen-bond acceptors (Lipinski definition) is 1. The van der Waals surface area contributed by atoms with Crippen molar-refractivity contribution in [3.63, 3.8) is 0 Å². The molecule has 0 spiro atoms. The molecular formula is C17H27N. The van der Waals surface area contributed by atoms with Gasteiger partial charge in [0.2, 0.25) is 0 Å². The molecule has 0 unspecified atom stereocenters. The zero-order valence-electron chi connectivity index (χ0n) is 13.0. The van der Waals surface area contributed by atoms with Crippen LogP contribution < -0.4 is 4.90 Å². The second kappa shape index (κ2) is 5.17. The fourth-order valence-corrected chi connectivity index (χ4v) is 2.00. The highest BCUT2D eigenvalue weighted by molar-refractivity contribution is 5.59. The van der Waals surface area contributed by atoms with Gasteiger partial charge in [0.25, 0.3) is 0 Å². The van der Waals surface area contributed by atoms with Gasteiger partial charge < -0.3 is 4.90 Å². The van der Waals surface area contributed by atoms with E-state index in [1.807, 2.05) is 0 Å². The SMILES string of the molecule is C=C(N(C)c1cc(C(C)C)ccc1C)C(C)(C)C. The molecule has 0 saturated carbocycles. The third-order valence-corrected chi connectivity index (χ3v) is 3.53. The van der Waals surface area contributed by atoms with Crippen LogP contribution in [0.1, 0.15) is 51.7 Å². The highest BCUT2D eigenvalue weighted by Gasteiger charge is 2.20. The molecule has 0 saturated heterocycles. The Morgan fingerprint density at radius 3 is 2.22 bits per heavy atom. The molecule has 0 aliphatic rings. The molecule has 0 radical (unpaired) electrons. The summed E-state index contributed by atoms with van der Waals surface area (Å²) in [6, 6.07) is 6.71. The molecule has 0 aliphatic heterocycles. The Bertz CT molecular complexity index is 435. The Hall–Kier alpha value is -1.24. The Morgan fingerprint density at radius 2 is 1.78 bits per heavy atom. The van der Waals surface area contributed by atoms with Gasteiger partial charge in [-0.3, -0.25) is 0 Å². The van der Waals surface area contributed by atoms with Crippen LogP contribution in [0.25, 0.3) is 0 Å². The van der Waals surface area contributed by atoms with Crippen LogP contribution >= 0.6 is 0 Å². The first-order chi connectivity index (χ1) is 8.14. The second-order valence-corrected chi connectivity index (χ2v) is 6.46. The average molecular weight is 245 g/mol. The minimum atomic E-state index is 0.0923. The third kappa shape index (κ3) is 3.16. The van der Waals surface area contributed by atoms with Gasteiger partial charge in [0, 0.05) is 23.8 Å². The summed E-state index contributed by atoms with van der Waals surface area (Å²) in [5.41, 5.74) is 5.18. The van der Waals surface area contributed by atoms with E-state index in [9.17, 15) is 0 Å². The Labute approximate surface area is 113 Å². The fraction of sp³-hybridized carbons (Fsp3) is 0.529. The molecule has 18 heavy (non-hydrogen) atoms. The lowest BCUT2D eigenvalue weighted by Crippen LogP contribution is -2.26. The van der Waals surface area contributed by atoms with E-state index in [1.54, 1.807) is 0 Å². The summed E-state index contributed by atoms with van der Waals surface area (Å²) in [4.78, 5) is 2.22. The van der Waals surface area contributed by atoms with E-state index in [1.165, 1.54) is 16.8 Å². The number of allylic oxidation sites excluding steroid dienone is 1. The first-order valence-corrected chi connectivity index (χ1v) is 6.68. The molecule has 1 nitrogen and oxygen atoms in total. The van der Waals surface area contributed by atoms with Gasteiger partial charge in [-0.25, -0.2) is 0 Å². The van der Waals surface area contributed by atoms with Crippen molar-refractivity contribution in [3.05, 3.63) is 41.6 Å². The van der Waals surface area contributed by atoms with E-state index in [0.717, 1.165) is 5.70 Å². The Balaban J connectivity index is 3.16. The smallest absolute Gasteiger partial charge is 0.0438 e. The lowest BCUT2D eigenvalue weighted by molar-refractivity contribution is 0.492. The maximum Gasteiger partial charge on any atom is 0.0438 e. The van der Waals surface area contributed by atoms with Crippen LogP contribution in [0.2, 0.25) is 0 Å². The molecule has 0 atom stereocenters. The monoisotopic (exact) mass is 245 g/mol. The van der Waals surface area contributed by atoms with E-state index >= 15 is 0 Å². The molecule has 0 N–H and O–H groups in total. The van der Waals surface area contributed by atoms with Gasteiger partial charge in [-0.05, 0) is 30.0 Å². The van der Waals surface area contributed by atoms with Gasteiger partial charge >= 0.3 is 0 Å². The number of nitrogens with zero attached hydrogens (tertiary/aromatic N) is 1. The quantitative estimate of drug-likeness (QED) is 0.715. The van der Waals surface area contributed by atoms with Gasteiger partial charge in [-0.1, -0.05) is 53.3 Å². The van der Waals surface area contributed by atoms with Gasteiger partial charge in [-0.2, -0.15) is 0 Å². The molecule has 0 amide bonds. The van der Waals surface area contributed by atoms with Crippen molar-refractivity contribution in [1.82, 2.24) is 0 Å². The van der Waals surface area contributed by atoms with Crippen molar-refractivity contribution in [2.45, 2.75) is 47.5 Å². The zero-order valence-corrected chi connectivity index (χ0v) is 13.0. The maximum atomic E-state index is 4.24. The van der Waals surface area contributed by atoms with E-state index in [4.69, 9.17) is 0 Å². The predicted molar refractivity (Wildman–Crippen MR) is 82.3 cm³/mol. The van der Waals surface area contributed by atoms with Gasteiger partial charge in [-0.15, -0.1) is 0 Å². The molecule has 0 heterocycles. The largest absolute Gasteiger partial charge is 0.348 e. The summed E-state index contributed by atoms with van der Waals surface area (Å²) >= 11 is 0. The first kappa shape index (κ1) is 14.8. The molecule has 1 heteroatoms. The van der Waals surface area contributed by atoms with E-state index < -0.39 is 0 Å². The number of hydrogen-bond donors (Lipinski definition) is 0. The number of anilines is 1. The van der Waals surface area contributed by atoms with Gasteiger partial charge in [0.05, 0.1) is 0 Å². The summed E-state index contributed by atoms with van der Waals surface area (Å²) in [6.07, 6.45) is 0. The summed E-state index contributed by atoms with van der Waals surface area (Å²) in [5.74, 6) is 0.556. The molecule has 1 rings (SSSR count). The summed E-state index contributed by atoms with van der Waals surface area (Å²) in [6.45, 7) is 17.5. The van der Waals surface area contributed by atoms with Crippen molar-refractivity contribution in [1.29, 1.82) is 0 Å². The van der Waals surface area contributed by atoms with Crippen LogP contribution in [0.5, 0.6) is 0 Å². The lowest BCUT2D eigenvalue weighted by Gasteiger charge is -2.32. The van der Waals surface area contributed by atoms with E-state index in [0.29, 0.717) is 5.92 Å². The highest BCUT2D eigenvalue weighted by atomic mass is 15.1. The third-order valence-electron chi connectivity index (χ3n) is 3.53. The van der Waals surface area contributed by atoms with Crippen LogP contribution in [0.4, 0.5) is 5.69 Å². The minimum absolute atomic E-state index is 0.0923. The van der Waals surface area contributed by atoms with Crippen molar-refractivity contribution in [3.8, 4) is 0 Å². The standard InChI is InChI=1S/C17H27N/c1-12(2)15-10-9-13(3)16(11-15)18(8)14(4)17(5,6)7/h9-12H,4H2,1-3,5-8H3. The van der Waals surface area contributed by atoms with Crippen LogP contribution in [0.3, 0.4) is 0 Å². The van der Waals surface area contributed by atoms with E-state index in [2.05, 4.69) is 78.3 Å². The van der Waals surface area contributed by atoms with Crippen molar-refractivity contribution >= 4 is 5.69 Å². The second-order valence-electron chi connectivity index (χ2n) is 6.46. The molecule has 1 aromatic carbocycles. The molecular weight excluding hydrogens is 218 g/mol. The van der Waals surface area contributed by atoms with Crippen LogP contribution in [-0.4, -0.2) is 7.05 Å². The normalized spacial score (nSPS) is 11.8. The van der Waals surface area contributed by atoms with Crippen LogP contribution in [0, 0.1) is 12.3 Å². The van der Waals surface area contributed by atoms with E-state index in [-0.39, 0.29) is 5.41 Å². The molecule has 0 fully saturated rings. The van der Waals surface area contributed by atoms with Crippen molar-refractivity contribution < 1.29 is 0 Å². The summed E-state index contributed by atoms with van der Waals surface area (Å²) < 4.78 is 0. The fourth-order valence-electron chi connectivity index (χ4n) is 2.00. The molecule has 100 valence electrons. The summed E-state index contributed by atoms with van der Waals surface area (Å²) in [5, 5.41) is 0. The average Bonchev–Trinajstić information content (AvgIpc) is 2.26. The Kier molecular flexibility index (Phi) is 4.26. The maximum absolute atomic E-state index is 4.24. The van der Waals surface area contributed by atoms with Crippen LogP contribution in [-0.2, 0) is 0 Å². The van der Waals surface area contributed by atoms with Gasteiger partial charge in [0.15, 0.2) is 0 Å². The van der Waals surface area contributed by atoms with Crippen molar-refractivity contribution in [2.24, 2.45) is 5.41 Å². The lowest BCUT2D eigenvalue weighted by atomic mass is 9.91. The number of benzene rings is 1. The molecule has 0 aliphatic carbocycles. The number of aryl methyl sites for hydroxylation is 1. The topological polar surface area (TPSA) is 3.24 Å². The predicted octanol–water partition coefficient (Wildman–Crippen LogP) is 5.11. The molecule has 1 aromatic rings. The Morgan fingerprint density at radius 1 is 1.22 bits per heavy atom. The molecule has 0 bridgehead atoms. The first-order valence-electron chi connectivity index (χ1n) is 6.68.